The number of hydrogen-bond acceptors (Lipinski definition) is 2. The van der Waals surface area contributed by atoms with Gasteiger partial charge in [-0.2, -0.15) is 0 Å². The van der Waals surface area contributed by atoms with E-state index in [0.717, 1.165) is 38.8 Å². The number of piperidine rings is 1. The van der Waals surface area contributed by atoms with Crippen molar-refractivity contribution in [2.75, 3.05) is 13.1 Å². The molecule has 1 saturated heterocycles. The van der Waals surface area contributed by atoms with Gasteiger partial charge in [-0.15, -0.1) is 0 Å². The molecule has 20 heavy (non-hydrogen) atoms. The number of ketones is 1. The van der Waals surface area contributed by atoms with E-state index in [4.69, 9.17) is 0 Å². The summed E-state index contributed by atoms with van der Waals surface area (Å²) in [5.41, 5.74) is 0.186. The lowest BCUT2D eigenvalue weighted by Gasteiger charge is -2.42. The molecule has 2 nitrogen and oxygen atoms in total. The van der Waals surface area contributed by atoms with Crippen LogP contribution in [-0.2, 0) is 0 Å². The second kappa shape index (κ2) is 5.65. The average Bonchev–Trinajstić information content (AvgIpc) is 2.98. The number of Topliss-reactive ketones (excluding diaryl/α,β-unsaturated/α-hetero) is 1. The average molecular weight is 275 g/mol. The fourth-order valence-electron chi connectivity index (χ4n) is 3.87. The second-order valence-electron chi connectivity index (χ2n) is 6.13. The summed E-state index contributed by atoms with van der Waals surface area (Å²) in [6.45, 7) is 2.03. The minimum atomic E-state index is -0.353. The topological polar surface area (TPSA) is 20.3 Å². The highest BCUT2D eigenvalue weighted by molar-refractivity contribution is 6.03. The van der Waals surface area contributed by atoms with E-state index in [0.29, 0.717) is 5.56 Å². The molecule has 0 aromatic heterocycles. The quantitative estimate of drug-likeness (QED) is 0.782. The van der Waals surface area contributed by atoms with Crippen molar-refractivity contribution in [3.8, 4) is 0 Å². The molecule has 1 heterocycles. The van der Waals surface area contributed by atoms with Crippen molar-refractivity contribution < 1.29 is 9.18 Å². The predicted octanol–water partition coefficient (Wildman–Crippen LogP) is 3.81. The molecule has 0 spiro atoms. The zero-order chi connectivity index (χ0) is 14.0. The molecule has 0 atom stereocenters. The summed E-state index contributed by atoms with van der Waals surface area (Å²) >= 11 is 0. The molecule has 2 fully saturated rings. The van der Waals surface area contributed by atoms with Crippen LogP contribution in [0.3, 0.4) is 0 Å². The van der Waals surface area contributed by atoms with Gasteiger partial charge >= 0.3 is 0 Å². The number of halogens is 1. The standard InChI is InChI=1S/C17H22FNO/c18-15-8-6-7-14(13-15)16(20)17(9-2-3-10-17)19-11-4-1-5-12-19/h6-8,13H,1-5,9-12H2. The Hall–Kier alpha value is -1.22. The minimum Gasteiger partial charge on any atom is -0.292 e. The summed E-state index contributed by atoms with van der Waals surface area (Å²) in [4.78, 5) is 15.4. The number of rotatable bonds is 3. The Bertz CT molecular complexity index is 488. The van der Waals surface area contributed by atoms with Gasteiger partial charge in [0.1, 0.15) is 5.82 Å². The van der Waals surface area contributed by atoms with Gasteiger partial charge in [0.25, 0.3) is 0 Å². The van der Waals surface area contributed by atoms with Crippen LogP contribution in [0, 0.1) is 5.82 Å². The van der Waals surface area contributed by atoms with Crippen molar-refractivity contribution in [2.24, 2.45) is 0 Å². The van der Waals surface area contributed by atoms with Crippen molar-refractivity contribution in [3.05, 3.63) is 35.6 Å². The molecule has 108 valence electrons. The van der Waals surface area contributed by atoms with Crippen molar-refractivity contribution in [3.63, 3.8) is 0 Å². The number of carbonyl (C=O) groups excluding carboxylic acids is 1. The molecule has 1 aromatic carbocycles. The molecule has 3 heteroatoms. The molecule has 0 N–H and O–H groups in total. The van der Waals surface area contributed by atoms with Gasteiger partial charge in [-0.3, -0.25) is 9.69 Å². The molecule has 1 saturated carbocycles. The summed E-state index contributed by atoms with van der Waals surface area (Å²) < 4.78 is 13.4. The van der Waals surface area contributed by atoms with E-state index in [-0.39, 0.29) is 17.1 Å². The maximum atomic E-state index is 13.4. The Balaban J connectivity index is 1.91. The van der Waals surface area contributed by atoms with E-state index in [2.05, 4.69) is 4.90 Å². The SMILES string of the molecule is O=C(c1cccc(F)c1)C1(N2CCCCC2)CCCC1. The monoisotopic (exact) mass is 275 g/mol. The fraction of sp³-hybridized carbons (Fsp3) is 0.588. The highest BCUT2D eigenvalue weighted by Gasteiger charge is 2.46. The van der Waals surface area contributed by atoms with Crippen LogP contribution in [0.15, 0.2) is 24.3 Å². The number of hydrogen-bond donors (Lipinski definition) is 0. The molecule has 0 unspecified atom stereocenters. The lowest BCUT2D eigenvalue weighted by atomic mass is 9.84. The molecule has 0 radical (unpaired) electrons. The van der Waals surface area contributed by atoms with Crippen molar-refractivity contribution in [1.82, 2.24) is 4.90 Å². The van der Waals surface area contributed by atoms with Crippen molar-refractivity contribution in [2.45, 2.75) is 50.5 Å². The normalized spacial score (nSPS) is 22.9. The van der Waals surface area contributed by atoms with Crippen LogP contribution < -0.4 is 0 Å². The molecule has 1 aliphatic heterocycles. The fourth-order valence-corrected chi connectivity index (χ4v) is 3.87. The number of likely N-dealkylation sites (tertiary alicyclic amines) is 1. The molecule has 1 aliphatic carbocycles. The van der Waals surface area contributed by atoms with Crippen molar-refractivity contribution in [1.29, 1.82) is 0 Å². The van der Waals surface area contributed by atoms with Gasteiger partial charge in [-0.1, -0.05) is 31.4 Å². The maximum absolute atomic E-state index is 13.4. The van der Waals surface area contributed by atoms with E-state index < -0.39 is 0 Å². The van der Waals surface area contributed by atoms with Crippen molar-refractivity contribution >= 4 is 5.78 Å². The zero-order valence-corrected chi connectivity index (χ0v) is 11.9. The third-order valence-corrected chi connectivity index (χ3v) is 4.90. The molecule has 1 aromatic rings. The van der Waals surface area contributed by atoms with Crippen LogP contribution in [0.1, 0.15) is 55.3 Å². The minimum absolute atomic E-state index is 0.136. The summed E-state index contributed by atoms with van der Waals surface area (Å²) in [5, 5.41) is 0. The predicted molar refractivity (Wildman–Crippen MR) is 77.4 cm³/mol. The lowest BCUT2D eigenvalue weighted by molar-refractivity contribution is 0.0477. The highest BCUT2D eigenvalue weighted by Crippen LogP contribution is 2.39. The number of benzene rings is 1. The molecule has 0 amide bonds. The largest absolute Gasteiger partial charge is 0.292 e. The summed E-state index contributed by atoms with van der Waals surface area (Å²) in [5.74, 6) is -0.181. The highest BCUT2D eigenvalue weighted by atomic mass is 19.1. The maximum Gasteiger partial charge on any atom is 0.183 e. The Morgan fingerprint density at radius 1 is 1.05 bits per heavy atom. The molecular weight excluding hydrogens is 253 g/mol. The Morgan fingerprint density at radius 3 is 2.40 bits per heavy atom. The van der Waals surface area contributed by atoms with E-state index in [9.17, 15) is 9.18 Å². The second-order valence-corrected chi connectivity index (χ2v) is 6.13. The van der Waals surface area contributed by atoms with E-state index in [1.54, 1.807) is 12.1 Å². The van der Waals surface area contributed by atoms with E-state index in [1.165, 1.54) is 31.4 Å². The summed E-state index contributed by atoms with van der Waals surface area (Å²) in [6, 6.07) is 6.20. The molecular formula is C17H22FNO. The first-order valence-electron chi connectivity index (χ1n) is 7.78. The van der Waals surface area contributed by atoms with Crippen LogP contribution in [0.25, 0.3) is 0 Å². The van der Waals surface area contributed by atoms with Gasteiger partial charge in [-0.25, -0.2) is 4.39 Å². The summed E-state index contributed by atoms with van der Waals surface area (Å²) in [7, 11) is 0. The number of nitrogens with zero attached hydrogens (tertiary/aromatic N) is 1. The molecule has 3 rings (SSSR count). The van der Waals surface area contributed by atoms with Gasteiger partial charge in [0, 0.05) is 5.56 Å². The Kier molecular flexibility index (Phi) is 3.88. The van der Waals surface area contributed by atoms with E-state index in [1.807, 2.05) is 0 Å². The molecule has 0 bridgehead atoms. The van der Waals surface area contributed by atoms with Crippen LogP contribution in [0.4, 0.5) is 4.39 Å². The van der Waals surface area contributed by atoms with Crippen LogP contribution in [0.2, 0.25) is 0 Å². The first kappa shape index (κ1) is 13.7. The first-order chi connectivity index (χ1) is 9.72. The van der Waals surface area contributed by atoms with Crippen LogP contribution in [-0.4, -0.2) is 29.3 Å². The zero-order valence-electron chi connectivity index (χ0n) is 11.9. The van der Waals surface area contributed by atoms with Crippen LogP contribution in [0.5, 0.6) is 0 Å². The van der Waals surface area contributed by atoms with Gasteiger partial charge in [0.15, 0.2) is 5.78 Å². The van der Waals surface area contributed by atoms with Gasteiger partial charge in [0.05, 0.1) is 5.54 Å². The molecule has 2 aliphatic rings. The van der Waals surface area contributed by atoms with Gasteiger partial charge < -0.3 is 0 Å². The van der Waals surface area contributed by atoms with Gasteiger partial charge in [-0.05, 0) is 50.9 Å². The Labute approximate surface area is 120 Å². The first-order valence-corrected chi connectivity index (χ1v) is 7.78. The number of carbonyl (C=O) groups is 1. The summed E-state index contributed by atoms with van der Waals surface area (Å²) in [6.07, 6.45) is 7.71. The van der Waals surface area contributed by atoms with Crippen LogP contribution >= 0.6 is 0 Å². The van der Waals surface area contributed by atoms with E-state index >= 15 is 0 Å². The Morgan fingerprint density at radius 2 is 1.75 bits per heavy atom. The van der Waals surface area contributed by atoms with Gasteiger partial charge in [0.2, 0.25) is 0 Å². The smallest absolute Gasteiger partial charge is 0.183 e. The lowest BCUT2D eigenvalue weighted by Crippen LogP contribution is -2.54. The third-order valence-electron chi connectivity index (χ3n) is 4.90. The third kappa shape index (κ3) is 2.39.